The van der Waals surface area contributed by atoms with E-state index in [1.54, 1.807) is 18.2 Å². The van der Waals surface area contributed by atoms with Crippen molar-refractivity contribution in [2.45, 2.75) is 13.8 Å². The number of hydrogen-bond donors (Lipinski definition) is 2. The van der Waals surface area contributed by atoms with Gasteiger partial charge in [-0.2, -0.15) is 0 Å². The van der Waals surface area contributed by atoms with Gasteiger partial charge in [0, 0.05) is 5.69 Å². The minimum absolute atomic E-state index is 0.0771. The van der Waals surface area contributed by atoms with E-state index in [2.05, 4.69) is 21.2 Å². The Balaban J connectivity index is 1.71. The highest BCUT2D eigenvalue weighted by atomic mass is 79.9. The van der Waals surface area contributed by atoms with Gasteiger partial charge in [-0.1, -0.05) is 12.1 Å². The maximum atomic E-state index is 12.5. The summed E-state index contributed by atoms with van der Waals surface area (Å²) in [6.07, 6.45) is 1.55. The standard InChI is InChI=1S/C20H17BrN2O4S/c1-11-5-12(2)7-14(6-11)22-18(25)10-23-19(26)17(28-20(23)27)9-13-3-4-16(24)15(21)8-13/h3-9,24H,10H2,1-2H3,(H,22,25)/b17-9+. The number of hydrogen-bond acceptors (Lipinski definition) is 5. The Kier molecular flexibility index (Phi) is 5.90. The summed E-state index contributed by atoms with van der Waals surface area (Å²) in [6.45, 7) is 3.49. The van der Waals surface area contributed by atoms with Crippen molar-refractivity contribution in [1.29, 1.82) is 0 Å². The molecule has 6 nitrogen and oxygen atoms in total. The van der Waals surface area contributed by atoms with E-state index in [4.69, 9.17) is 0 Å². The van der Waals surface area contributed by atoms with Crippen molar-refractivity contribution in [2.24, 2.45) is 0 Å². The van der Waals surface area contributed by atoms with Gasteiger partial charge >= 0.3 is 0 Å². The van der Waals surface area contributed by atoms with Crippen LogP contribution in [-0.4, -0.2) is 33.6 Å². The maximum Gasteiger partial charge on any atom is 0.294 e. The van der Waals surface area contributed by atoms with Crippen LogP contribution in [0, 0.1) is 13.8 Å². The van der Waals surface area contributed by atoms with Crippen LogP contribution in [0.15, 0.2) is 45.8 Å². The van der Waals surface area contributed by atoms with Gasteiger partial charge < -0.3 is 10.4 Å². The van der Waals surface area contributed by atoms with Crippen LogP contribution >= 0.6 is 27.7 Å². The number of nitrogens with one attached hydrogen (secondary N) is 1. The van der Waals surface area contributed by atoms with Gasteiger partial charge in [-0.15, -0.1) is 0 Å². The zero-order valence-electron chi connectivity index (χ0n) is 15.2. The van der Waals surface area contributed by atoms with E-state index in [-0.39, 0.29) is 17.2 Å². The third-order valence-electron chi connectivity index (χ3n) is 3.95. The van der Waals surface area contributed by atoms with E-state index in [1.165, 1.54) is 6.07 Å². The number of imide groups is 1. The lowest BCUT2D eigenvalue weighted by atomic mass is 10.1. The summed E-state index contributed by atoms with van der Waals surface area (Å²) in [5.74, 6) is -0.885. The Morgan fingerprint density at radius 2 is 1.86 bits per heavy atom. The number of rotatable bonds is 4. The van der Waals surface area contributed by atoms with Gasteiger partial charge in [-0.3, -0.25) is 19.3 Å². The fourth-order valence-corrected chi connectivity index (χ4v) is 4.03. The fourth-order valence-electron chi connectivity index (χ4n) is 2.79. The maximum absolute atomic E-state index is 12.5. The third-order valence-corrected chi connectivity index (χ3v) is 5.49. The third kappa shape index (κ3) is 4.63. The molecule has 1 aliphatic rings. The average molecular weight is 461 g/mol. The van der Waals surface area contributed by atoms with Crippen molar-refractivity contribution in [3.05, 3.63) is 62.5 Å². The second kappa shape index (κ2) is 8.20. The summed E-state index contributed by atoms with van der Waals surface area (Å²) < 4.78 is 0.480. The van der Waals surface area contributed by atoms with E-state index in [9.17, 15) is 19.5 Å². The first-order valence-corrected chi connectivity index (χ1v) is 9.96. The lowest BCUT2D eigenvalue weighted by Crippen LogP contribution is -2.36. The van der Waals surface area contributed by atoms with Gasteiger partial charge in [-0.05, 0) is 88.6 Å². The molecule has 2 N–H and O–H groups in total. The van der Waals surface area contributed by atoms with Gasteiger partial charge in [-0.25, -0.2) is 0 Å². The molecular weight excluding hydrogens is 444 g/mol. The Labute approximate surface area is 174 Å². The number of aryl methyl sites for hydroxylation is 2. The number of halogens is 1. The fraction of sp³-hybridized carbons (Fsp3) is 0.150. The number of nitrogens with zero attached hydrogens (tertiary/aromatic N) is 1. The normalized spacial score (nSPS) is 15.4. The Bertz CT molecular complexity index is 999. The smallest absolute Gasteiger partial charge is 0.294 e. The molecule has 3 rings (SSSR count). The molecule has 28 heavy (non-hydrogen) atoms. The second-order valence-electron chi connectivity index (χ2n) is 6.40. The number of anilines is 1. The SMILES string of the molecule is Cc1cc(C)cc(NC(=O)CN2C(=O)S/C(=C/c3ccc(O)c(Br)c3)C2=O)c1. The molecule has 2 aromatic carbocycles. The van der Waals surface area contributed by atoms with Crippen molar-refractivity contribution in [1.82, 2.24) is 4.90 Å². The number of amides is 3. The molecule has 0 radical (unpaired) electrons. The monoisotopic (exact) mass is 460 g/mol. The van der Waals surface area contributed by atoms with Gasteiger partial charge in [0.25, 0.3) is 11.1 Å². The number of aromatic hydroxyl groups is 1. The number of carbonyl (C=O) groups is 3. The Hall–Kier alpha value is -2.58. The molecule has 0 atom stereocenters. The molecule has 1 aliphatic heterocycles. The van der Waals surface area contributed by atoms with Crippen LogP contribution < -0.4 is 5.32 Å². The quantitative estimate of drug-likeness (QED) is 0.658. The number of phenolic OH excluding ortho intramolecular Hbond substituents is 1. The van der Waals surface area contributed by atoms with Gasteiger partial charge in [0.05, 0.1) is 9.38 Å². The zero-order chi connectivity index (χ0) is 20.4. The molecule has 3 amide bonds. The molecular formula is C20H17BrN2O4S. The molecule has 0 spiro atoms. The summed E-state index contributed by atoms with van der Waals surface area (Å²) in [5, 5.41) is 11.8. The van der Waals surface area contributed by atoms with E-state index in [0.29, 0.717) is 15.7 Å². The number of thioether (sulfide) groups is 1. The largest absolute Gasteiger partial charge is 0.507 e. The van der Waals surface area contributed by atoms with Crippen LogP contribution in [0.1, 0.15) is 16.7 Å². The summed E-state index contributed by atoms with van der Waals surface area (Å²) in [7, 11) is 0. The molecule has 2 aromatic rings. The summed E-state index contributed by atoms with van der Waals surface area (Å²) >= 11 is 3.99. The van der Waals surface area contributed by atoms with Crippen molar-refractivity contribution in [3.8, 4) is 5.75 Å². The van der Waals surface area contributed by atoms with Gasteiger partial charge in [0.1, 0.15) is 12.3 Å². The van der Waals surface area contributed by atoms with E-state index >= 15 is 0 Å². The lowest BCUT2D eigenvalue weighted by Gasteiger charge is -2.13. The van der Waals surface area contributed by atoms with Crippen molar-refractivity contribution >= 4 is 56.5 Å². The molecule has 0 bridgehead atoms. The highest BCUT2D eigenvalue weighted by Gasteiger charge is 2.36. The minimum atomic E-state index is -0.519. The van der Waals surface area contributed by atoms with Crippen molar-refractivity contribution < 1.29 is 19.5 Å². The minimum Gasteiger partial charge on any atom is -0.507 e. The first kappa shape index (κ1) is 20.2. The highest BCUT2D eigenvalue weighted by Crippen LogP contribution is 2.33. The molecule has 0 unspecified atom stereocenters. The summed E-state index contributed by atoms with van der Waals surface area (Å²) in [6, 6.07) is 10.4. The average Bonchev–Trinajstić information content (AvgIpc) is 2.84. The van der Waals surface area contributed by atoms with E-state index in [1.807, 2.05) is 32.0 Å². The lowest BCUT2D eigenvalue weighted by molar-refractivity contribution is -0.127. The molecule has 0 aliphatic carbocycles. The van der Waals surface area contributed by atoms with E-state index < -0.39 is 17.1 Å². The summed E-state index contributed by atoms with van der Waals surface area (Å²) in [5.41, 5.74) is 3.28. The van der Waals surface area contributed by atoms with Crippen LogP contribution in [0.4, 0.5) is 10.5 Å². The summed E-state index contributed by atoms with van der Waals surface area (Å²) in [4.78, 5) is 38.2. The zero-order valence-corrected chi connectivity index (χ0v) is 17.6. The number of phenols is 1. The predicted molar refractivity (Wildman–Crippen MR) is 113 cm³/mol. The molecule has 1 saturated heterocycles. The Morgan fingerprint density at radius 3 is 2.50 bits per heavy atom. The first-order chi connectivity index (χ1) is 13.2. The highest BCUT2D eigenvalue weighted by molar-refractivity contribution is 9.10. The predicted octanol–water partition coefficient (Wildman–Crippen LogP) is 4.45. The van der Waals surface area contributed by atoms with Gasteiger partial charge in [0.2, 0.25) is 5.91 Å². The van der Waals surface area contributed by atoms with Crippen LogP contribution in [0.5, 0.6) is 5.75 Å². The van der Waals surface area contributed by atoms with Crippen LogP contribution in [0.2, 0.25) is 0 Å². The first-order valence-electron chi connectivity index (χ1n) is 8.35. The number of carbonyl (C=O) groups excluding carboxylic acids is 3. The van der Waals surface area contributed by atoms with Crippen LogP contribution in [-0.2, 0) is 9.59 Å². The number of benzene rings is 2. The molecule has 144 valence electrons. The Morgan fingerprint density at radius 1 is 1.18 bits per heavy atom. The van der Waals surface area contributed by atoms with Crippen molar-refractivity contribution in [3.63, 3.8) is 0 Å². The second-order valence-corrected chi connectivity index (χ2v) is 8.25. The van der Waals surface area contributed by atoms with Gasteiger partial charge in [0.15, 0.2) is 0 Å². The molecule has 0 saturated carbocycles. The molecule has 1 fully saturated rings. The van der Waals surface area contributed by atoms with Crippen LogP contribution in [0.25, 0.3) is 6.08 Å². The topological polar surface area (TPSA) is 86.7 Å². The van der Waals surface area contributed by atoms with E-state index in [0.717, 1.165) is 27.8 Å². The molecule has 0 aromatic heterocycles. The molecule has 1 heterocycles. The van der Waals surface area contributed by atoms with Crippen LogP contribution in [0.3, 0.4) is 0 Å². The molecule has 8 heteroatoms. The van der Waals surface area contributed by atoms with Crippen molar-refractivity contribution in [2.75, 3.05) is 11.9 Å².